The smallest absolute Gasteiger partial charge is 0.262 e. The van der Waals surface area contributed by atoms with Gasteiger partial charge in [0.25, 0.3) is 5.56 Å². The van der Waals surface area contributed by atoms with E-state index < -0.39 is 6.10 Å². The maximum atomic E-state index is 12.9. The van der Waals surface area contributed by atoms with Crippen LogP contribution in [0.1, 0.15) is 26.7 Å². The summed E-state index contributed by atoms with van der Waals surface area (Å²) in [5.41, 5.74) is -0.236. The predicted molar refractivity (Wildman–Crippen MR) is 112 cm³/mol. The van der Waals surface area contributed by atoms with Crippen LogP contribution < -0.4 is 16.2 Å². The van der Waals surface area contributed by atoms with E-state index in [0.29, 0.717) is 28.2 Å². The van der Waals surface area contributed by atoms with Crippen LogP contribution in [0.25, 0.3) is 10.8 Å². The zero-order chi connectivity index (χ0) is 19.5. The molecule has 3 aromatic heterocycles. The second-order valence-electron chi connectivity index (χ2n) is 6.82. The molecule has 4 rings (SSSR count). The van der Waals surface area contributed by atoms with Gasteiger partial charge in [-0.1, -0.05) is 7.43 Å². The monoisotopic (exact) mass is 398 g/mol. The zero-order valence-electron chi connectivity index (χ0n) is 15.2. The minimum Gasteiger partial charge on any atom is -0.395 e. The molecule has 154 valence electrons. The topological polar surface area (TPSA) is 125 Å². The lowest BCUT2D eigenvalue weighted by Crippen LogP contribution is -2.30. The maximum absolute atomic E-state index is 12.9. The summed E-state index contributed by atoms with van der Waals surface area (Å²) in [5, 5.41) is 26.9. The number of nitrogens with one attached hydrogen (secondary N) is 2. The van der Waals surface area contributed by atoms with Crippen LogP contribution in [-0.4, -0.2) is 48.5 Å². The van der Waals surface area contributed by atoms with Crippen molar-refractivity contribution in [3.8, 4) is 0 Å². The van der Waals surface area contributed by atoms with Crippen molar-refractivity contribution in [2.24, 2.45) is 0 Å². The normalized spacial score (nSPS) is 18.4. The van der Waals surface area contributed by atoms with Gasteiger partial charge in [-0.05, 0) is 36.8 Å². The first-order valence-corrected chi connectivity index (χ1v) is 9.28. The summed E-state index contributed by atoms with van der Waals surface area (Å²) in [4.78, 5) is 25.7. The van der Waals surface area contributed by atoms with E-state index in [4.69, 9.17) is 0 Å². The van der Waals surface area contributed by atoms with Crippen LogP contribution in [0.5, 0.6) is 0 Å². The molecular formula is C20H26N6O3. The van der Waals surface area contributed by atoms with Crippen molar-refractivity contribution >= 4 is 28.2 Å². The minimum absolute atomic E-state index is 0. The number of aliphatic hydroxyl groups excluding tert-OH is 2. The number of fused-ring (bicyclic) bond motifs is 1. The molecule has 1 saturated carbocycles. The molecule has 0 aromatic carbocycles. The van der Waals surface area contributed by atoms with Gasteiger partial charge < -0.3 is 25.4 Å². The van der Waals surface area contributed by atoms with Crippen LogP contribution in [0, 0.1) is 0 Å². The average Bonchev–Trinajstić information content (AvgIpc) is 3.09. The summed E-state index contributed by atoms with van der Waals surface area (Å²) in [7, 11) is 0. The highest BCUT2D eigenvalue weighted by Crippen LogP contribution is 2.28. The highest BCUT2D eigenvalue weighted by atomic mass is 16.3. The molecule has 9 heteroatoms. The van der Waals surface area contributed by atoms with Crippen LogP contribution in [0.4, 0.5) is 17.5 Å². The van der Waals surface area contributed by atoms with Gasteiger partial charge in [0.1, 0.15) is 17.5 Å². The van der Waals surface area contributed by atoms with Crippen LogP contribution in [-0.2, 0) is 6.54 Å². The Bertz CT molecular complexity index is 1020. The summed E-state index contributed by atoms with van der Waals surface area (Å²) >= 11 is 0. The third kappa shape index (κ3) is 4.36. The van der Waals surface area contributed by atoms with Gasteiger partial charge in [-0.2, -0.15) is 0 Å². The third-order valence-corrected chi connectivity index (χ3v) is 4.92. The maximum Gasteiger partial charge on any atom is 0.262 e. The van der Waals surface area contributed by atoms with E-state index in [2.05, 4.69) is 25.6 Å². The Hall–Kier alpha value is -3.04. The Morgan fingerprint density at radius 1 is 1.24 bits per heavy atom. The van der Waals surface area contributed by atoms with Crippen molar-refractivity contribution in [2.45, 2.75) is 45.4 Å². The fourth-order valence-corrected chi connectivity index (χ4v) is 3.53. The second kappa shape index (κ2) is 8.97. The Morgan fingerprint density at radius 3 is 2.79 bits per heavy atom. The lowest BCUT2D eigenvalue weighted by atomic mass is 10.1. The molecule has 0 bridgehead atoms. The molecule has 3 heterocycles. The van der Waals surface area contributed by atoms with E-state index in [1.54, 1.807) is 30.9 Å². The number of hydrogen-bond acceptors (Lipinski definition) is 8. The molecule has 1 aliphatic carbocycles. The Kier molecular flexibility index (Phi) is 6.40. The number of pyridine rings is 2. The van der Waals surface area contributed by atoms with Crippen LogP contribution in [0.15, 0.2) is 41.7 Å². The first-order valence-electron chi connectivity index (χ1n) is 9.28. The van der Waals surface area contributed by atoms with Crippen molar-refractivity contribution in [3.05, 3.63) is 47.3 Å². The van der Waals surface area contributed by atoms with Gasteiger partial charge >= 0.3 is 0 Å². The highest BCUT2D eigenvalue weighted by molar-refractivity contribution is 5.93. The van der Waals surface area contributed by atoms with E-state index in [9.17, 15) is 15.0 Å². The van der Waals surface area contributed by atoms with Gasteiger partial charge in [0.2, 0.25) is 0 Å². The van der Waals surface area contributed by atoms with Gasteiger partial charge in [0, 0.05) is 25.1 Å². The van der Waals surface area contributed by atoms with E-state index in [0.717, 1.165) is 19.3 Å². The molecule has 0 spiro atoms. The molecular weight excluding hydrogens is 372 g/mol. The number of aliphatic hydroxyl groups is 2. The third-order valence-electron chi connectivity index (χ3n) is 4.92. The molecule has 1 aliphatic rings. The standard InChI is InChI=1S/C19H22N6O3.CH4/c26-9-8-25-7-4-12-10-15(23-16-11-20-5-6-21-16)24-18(17(12)19(25)28)22-13-2-1-3-14(13)27;/h4-7,10-11,13-14,26-27H,1-3,8-9H2,(H2,21,22,23,24);1H4/t13-,14+;/m0./s1. The van der Waals surface area contributed by atoms with Crippen LogP contribution in [0.3, 0.4) is 0 Å². The Balaban J connectivity index is 0.00000240. The van der Waals surface area contributed by atoms with Crippen molar-refractivity contribution < 1.29 is 10.2 Å². The molecule has 0 saturated heterocycles. The summed E-state index contributed by atoms with van der Waals surface area (Å²) < 4.78 is 1.45. The number of anilines is 3. The Morgan fingerprint density at radius 2 is 2.10 bits per heavy atom. The average molecular weight is 398 g/mol. The lowest BCUT2D eigenvalue weighted by Gasteiger charge is -2.19. The van der Waals surface area contributed by atoms with Crippen molar-refractivity contribution in [2.75, 3.05) is 17.2 Å². The largest absolute Gasteiger partial charge is 0.395 e. The number of rotatable bonds is 6. The van der Waals surface area contributed by atoms with Crippen molar-refractivity contribution in [3.63, 3.8) is 0 Å². The molecule has 0 amide bonds. The number of aromatic nitrogens is 4. The van der Waals surface area contributed by atoms with E-state index in [1.165, 1.54) is 4.57 Å². The molecule has 0 aliphatic heterocycles. The second-order valence-corrected chi connectivity index (χ2v) is 6.82. The zero-order valence-corrected chi connectivity index (χ0v) is 15.2. The predicted octanol–water partition coefficient (Wildman–Crippen LogP) is 1.88. The summed E-state index contributed by atoms with van der Waals surface area (Å²) in [5.74, 6) is 1.46. The minimum atomic E-state index is -0.475. The quantitative estimate of drug-likeness (QED) is 0.496. The molecule has 0 radical (unpaired) electrons. The molecule has 3 aromatic rings. The van der Waals surface area contributed by atoms with Crippen molar-refractivity contribution in [1.82, 2.24) is 19.5 Å². The fraction of sp³-hybridized carbons (Fsp3) is 0.400. The van der Waals surface area contributed by atoms with E-state index >= 15 is 0 Å². The van der Waals surface area contributed by atoms with Gasteiger partial charge in [-0.25, -0.2) is 9.97 Å². The molecule has 9 nitrogen and oxygen atoms in total. The van der Waals surface area contributed by atoms with Gasteiger partial charge in [-0.3, -0.25) is 9.78 Å². The summed E-state index contributed by atoms with van der Waals surface area (Å²) in [6.45, 7) is 0.0785. The fourth-order valence-electron chi connectivity index (χ4n) is 3.53. The Labute approximate surface area is 168 Å². The van der Waals surface area contributed by atoms with Crippen LogP contribution >= 0.6 is 0 Å². The van der Waals surface area contributed by atoms with Gasteiger partial charge in [-0.15, -0.1) is 0 Å². The van der Waals surface area contributed by atoms with E-state index in [-0.39, 0.29) is 32.2 Å². The van der Waals surface area contributed by atoms with Gasteiger partial charge in [0.05, 0.1) is 30.3 Å². The van der Waals surface area contributed by atoms with Crippen molar-refractivity contribution in [1.29, 1.82) is 0 Å². The molecule has 4 N–H and O–H groups in total. The number of nitrogens with zero attached hydrogens (tertiary/aromatic N) is 4. The first kappa shape index (κ1) is 20.7. The molecule has 1 fully saturated rings. The number of hydrogen-bond donors (Lipinski definition) is 4. The summed E-state index contributed by atoms with van der Waals surface area (Å²) in [6, 6.07) is 3.42. The molecule has 2 atom stereocenters. The lowest BCUT2D eigenvalue weighted by molar-refractivity contribution is 0.171. The van der Waals surface area contributed by atoms with E-state index in [1.807, 2.05) is 6.07 Å². The van der Waals surface area contributed by atoms with Gasteiger partial charge in [0.15, 0.2) is 0 Å². The SMILES string of the molecule is C.O=c1c2c(N[C@H]3CCC[C@H]3O)nc(Nc3cnccn3)cc2ccn1CCO. The summed E-state index contributed by atoms with van der Waals surface area (Å²) in [6.07, 6.45) is 8.37. The van der Waals surface area contributed by atoms with Crippen LogP contribution in [0.2, 0.25) is 0 Å². The molecule has 0 unspecified atom stereocenters. The molecule has 29 heavy (non-hydrogen) atoms. The highest BCUT2D eigenvalue weighted by Gasteiger charge is 2.26. The first-order chi connectivity index (χ1) is 13.7.